The minimum absolute atomic E-state index is 0.0907. The second-order valence-electron chi connectivity index (χ2n) is 4.55. The molecule has 0 aliphatic carbocycles. The summed E-state index contributed by atoms with van der Waals surface area (Å²) in [7, 11) is 0. The molecule has 0 amide bonds. The molecule has 2 heterocycles. The van der Waals surface area contributed by atoms with Crippen molar-refractivity contribution in [2.45, 2.75) is 26.1 Å². The fraction of sp³-hybridized carbons (Fsp3) is 0.500. The molecule has 18 heavy (non-hydrogen) atoms. The van der Waals surface area contributed by atoms with Crippen LogP contribution in [0.4, 0.5) is 5.82 Å². The highest BCUT2D eigenvalue weighted by Gasteiger charge is 2.23. The number of nitrogens with zero attached hydrogens (tertiary/aromatic N) is 3. The Morgan fingerprint density at radius 3 is 2.78 bits per heavy atom. The van der Waals surface area contributed by atoms with Crippen LogP contribution in [-0.4, -0.2) is 41.3 Å². The van der Waals surface area contributed by atoms with Gasteiger partial charge < -0.3 is 20.6 Å². The molecular weight excluding hydrogens is 232 g/mol. The molecular formula is C12H18N4O2. The van der Waals surface area contributed by atoms with Crippen molar-refractivity contribution < 1.29 is 9.94 Å². The molecule has 0 spiro atoms. The van der Waals surface area contributed by atoms with Crippen LogP contribution in [0.1, 0.15) is 19.4 Å². The summed E-state index contributed by atoms with van der Waals surface area (Å²) < 4.78 is 5.68. The molecule has 2 rings (SSSR count). The van der Waals surface area contributed by atoms with Crippen LogP contribution in [0.3, 0.4) is 0 Å². The number of pyridine rings is 1. The fourth-order valence-corrected chi connectivity index (χ4v) is 2.17. The smallest absolute Gasteiger partial charge is 0.170 e. The van der Waals surface area contributed by atoms with E-state index in [4.69, 9.17) is 15.7 Å². The van der Waals surface area contributed by atoms with E-state index in [0.29, 0.717) is 5.56 Å². The highest BCUT2D eigenvalue weighted by molar-refractivity contribution is 5.97. The molecule has 98 valence electrons. The van der Waals surface area contributed by atoms with E-state index in [1.807, 2.05) is 19.9 Å². The first-order chi connectivity index (χ1) is 8.60. The van der Waals surface area contributed by atoms with Crippen molar-refractivity contribution in [2.24, 2.45) is 10.9 Å². The van der Waals surface area contributed by atoms with E-state index in [-0.39, 0.29) is 18.0 Å². The first kappa shape index (κ1) is 12.6. The molecule has 6 heteroatoms. The standard InChI is InChI=1S/C12H18N4O2/c1-8-6-16(7-9(2)18-8)11-5-10(3-4-14-11)12(13)15-17/h3-5,8-9,17H,6-7H2,1-2H3,(H2,13,15). The molecule has 1 aromatic heterocycles. The summed E-state index contributed by atoms with van der Waals surface area (Å²) in [6, 6.07) is 3.53. The summed E-state index contributed by atoms with van der Waals surface area (Å²) in [5, 5.41) is 11.7. The maximum absolute atomic E-state index is 8.68. The van der Waals surface area contributed by atoms with E-state index in [1.54, 1.807) is 12.3 Å². The van der Waals surface area contributed by atoms with Gasteiger partial charge in [-0.2, -0.15) is 0 Å². The molecule has 1 aliphatic rings. The Morgan fingerprint density at radius 1 is 1.50 bits per heavy atom. The van der Waals surface area contributed by atoms with Crippen LogP contribution < -0.4 is 10.6 Å². The van der Waals surface area contributed by atoms with Crippen LogP contribution in [-0.2, 0) is 4.74 Å². The average Bonchev–Trinajstić information content (AvgIpc) is 2.37. The van der Waals surface area contributed by atoms with Gasteiger partial charge in [0.1, 0.15) is 5.82 Å². The van der Waals surface area contributed by atoms with Gasteiger partial charge in [0.2, 0.25) is 0 Å². The number of aromatic nitrogens is 1. The summed E-state index contributed by atoms with van der Waals surface area (Å²) in [6.45, 7) is 5.65. The van der Waals surface area contributed by atoms with E-state index in [2.05, 4.69) is 15.0 Å². The predicted molar refractivity (Wildman–Crippen MR) is 69.0 cm³/mol. The first-order valence-corrected chi connectivity index (χ1v) is 5.94. The van der Waals surface area contributed by atoms with E-state index < -0.39 is 0 Å². The minimum Gasteiger partial charge on any atom is -0.409 e. The number of amidine groups is 1. The third-order valence-electron chi connectivity index (χ3n) is 2.89. The van der Waals surface area contributed by atoms with Gasteiger partial charge in [0.15, 0.2) is 5.84 Å². The number of oxime groups is 1. The molecule has 6 nitrogen and oxygen atoms in total. The van der Waals surface area contributed by atoms with Crippen molar-refractivity contribution in [3.05, 3.63) is 23.9 Å². The molecule has 0 aromatic carbocycles. The van der Waals surface area contributed by atoms with Gasteiger partial charge in [-0.15, -0.1) is 0 Å². The quantitative estimate of drug-likeness (QED) is 0.351. The first-order valence-electron chi connectivity index (χ1n) is 5.94. The molecule has 0 bridgehead atoms. The minimum atomic E-state index is 0.0907. The van der Waals surface area contributed by atoms with Crippen LogP contribution in [0, 0.1) is 0 Å². The Morgan fingerprint density at radius 2 is 2.17 bits per heavy atom. The Balaban J connectivity index is 2.22. The van der Waals surface area contributed by atoms with Crippen LogP contribution in [0.25, 0.3) is 0 Å². The van der Waals surface area contributed by atoms with Crippen molar-refractivity contribution >= 4 is 11.7 Å². The topological polar surface area (TPSA) is 84.0 Å². The molecule has 1 saturated heterocycles. The molecule has 3 N–H and O–H groups in total. The molecule has 2 atom stereocenters. The van der Waals surface area contributed by atoms with Gasteiger partial charge in [-0.05, 0) is 26.0 Å². The van der Waals surface area contributed by atoms with Crippen molar-refractivity contribution in [3.8, 4) is 0 Å². The second kappa shape index (κ2) is 5.22. The van der Waals surface area contributed by atoms with Gasteiger partial charge >= 0.3 is 0 Å². The number of hydrogen-bond donors (Lipinski definition) is 2. The van der Waals surface area contributed by atoms with E-state index >= 15 is 0 Å². The summed E-state index contributed by atoms with van der Waals surface area (Å²) in [6.07, 6.45) is 2.00. The maximum Gasteiger partial charge on any atom is 0.170 e. The van der Waals surface area contributed by atoms with Crippen LogP contribution in [0.15, 0.2) is 23.5 Å². The van der Waals surface area contributed by atoms with Gasteiger partial charge in [0.05, 0.1) is 12.2 Å². The molecule has 1 fully saturated rings. The molecule has 2 unspecified atom stereocenters. The zero-order valence-electron chi connectivity index (χ0n) is 10.6. The van der Waals surface area contributed by atoms with Crippen molar-refractivity contribution in [1.29, 1.82) is 0 Å². The number of morpholine rings is 1. The fourth-order valence-electron chi connectivity index (χ4n) is 2.17. The SMILES string of the molecule is CC1CN(c2cc(/C(N)=N/O)ccn2)CC(C)O1. The Kier molecular flexibility index (Phi) is 3.66. The lowest BCUT2D eigenvalue weighted by atomic mass is 10.2. The van der Waals surface area contributed by atoms with E-state index in [9.17, 15) is 0 Å². The summed E-state index contributed by atoms with van der Waals surface area (Å²) in [5.41, 5.74) is 6.24. The van der Waals surface area contributed by atoms with Gasteiger partial charge in [-0.1, -0.05) is 5.16 Å². The van der Waals surface area contributed by atoms with Gasteiger partial charge in [-0.25, -0.2) is 4.98 Å². The second-order valence-corrected chi connectivity index (χ2v) is 4.55. The zero-order valence-corrected chi connectivity index (χ0v) is 10.6. The van der Waals surface area contributed by atoms with Crippen molar-refractivity contribution in [1.82, 2.24) is 4.98 Å². The zero-order chi connectivity index (χ0) is 13.1. The lowest BCUT2D eigenvalue weighted by molar-refractivity contribution is -0.00545. The number of hydrogen-bond acceptors (Lipinski definition) is 5. The Hall–Kier alpha value is -1.82. The number of ether oxygens (including phenoxy) is 1. The average molecular weight is 250 g/mol. The highest BCUT2D eigenvalue weighted by Crippen LogP contribution is 2.19. The largest absolute Gasteiger partial charge is 0.409 e. The normalized spacial score (nSPS) is 25.2. The number of rotatable bonds is 2. The summed E-state index contributed by atoms with van der Waals surface area (Å²) >= 11 is 0. The van der Waals surface area contributed by atoms with Crippen LogP contribution >= 0.6 is 0 Å². The highest BCUT2D eigenvalue weighted by atomic mass is 16.5. The van der Waals surface area contributed by atoms with Gasteiger partial charge in [0.25, 0.3) is 0 Å². The molecule has 1 aromatic rings. The van der Waals surface area contributed by atoms with Crippen molar-refractivity contribution in [2.75, 3.05) is 18.0 Å². The van der Waals surface area contributed by atoms with Crippen molar-refractivity contribution in [3.63, 3.8) is 0 Å². The Bertz CT molecular complexity index is 439. The lowest BCUT2D eigenvalue weighted by Gasteiger charge is -2.36. The number of nitrogens with two attached hydrogens (primary N) is 1. The van der Waals surface area contributed by atoms with Gasteiger partial charge in [-0.3, -0.25) is 0 Å². The predicted octanol–water partition coefficient (Wildman–Crippen LogP) is 0.790. The molecule has 0 radical (unpaired) electrons. The molecule has 1 aliphatic heterocycles. The van der Waals surface area contributed by atoms with Gasteiger partial charge in [0, 0.05) is 24.8 Å². The summed E-state index contributed by atoms with van der Waals surface area (Å²) in [4.78, 5) is 6.47. The van der Waals surface area contributed by atoms with Crippen LogP contribution in [0.5, 0.6) is 0 Å². The maximum atomic E-state index is 8.68. The third kappa shape index (κ3) is 2.70. The van der Waals surface area contributed by atoms with E-state index in [1.165, 1.54) is 0 Å². The monoisotopic (exact) mass is 250 g/mol. The Labute approximate surface area is 106 Å². The third-order valence-corrected chi connectivity index (χ3v) is 2.89. The summed E-state index contributed by atoms with van der Waals surface area (Å²) in [5.74, 6) is 0.911. The van der Waals surface area contributed by atoms with Crippen LogP contribution in [0.2, 0.25) is 0 Å². The number of anilines is 1. The molecule has 0 saturated carbocycles. The van der Waals surface area contributed by atoms with E-state index in [0.717, 1.165) is 18.9 Å². The lowest BCUT2D eigenvalue weighted by Crippen LogP contribution is -2.45.